The number of amides is 1. The number of carbonyl (C=O) groups excluding carboxylic acids is 1. The average molecular weight is 241 g/mol. The van der Waals surface area contributed by atoms with Crippen molar-refractivity contribution in [1.29, 1.82) is 0 Å². The number of hydrogen-bond acceptors (Lipinski definition) is 1. The molecule has 2 rings (SSSR count). The molecule has 0 saturated carbocycles. The Hall–Kier alpha value is -1.83. The smallest absolute Gasteiger partial charge is 0.262 e. The highest BCUT2D eigenvalue weighted by Gasteiger charge is 2.27. The number of carbonyl (C=O) groups is 1. The summed E-state index contributed by atoms with van der Waals surface area (Å²) in [5.74, 6) is 0.0635. The molecule has 0 atom stereocenters. The molecular formula is C16H19NO. The summed E-state index contributed by atoms with van der Waals surface area (Å²) in [5.41, 5.74) is 2.87. The van der Waals surface area contributed by atoms with Gasteiger partial charge in [0.1, 0.15) is 0 Å². The van der Waals surface area contributed by atoms with E-state index in [4.69, 9.17) is 0 Å². The fraction of sp³-hybridized carbons (Fsp3) is 0.312. The molecule has 18 heavy (non-hydrogen) atoms. The van der Waals surface area contributed by atoms with E-state index in [1.807, 2.05) is 49.5 Å². The van der Waals surface area contributed by atoms with Gasteiger partial charge in [-0.1, -0.05) is 44.5 Å². The molecule has 0 aliphatic carbocycles. The van der Waals surface area contributed by atoms with Gasteiger partial charge >= 0.3 is 0 Å². The second-order valence-corrected chi connectivity index (χ2v) is 5.62. The fourth-order valence-electron chi connectivity index (χ4n) is 1.90. The van der Waals surface area contributed by atoms with E-state index in [-0.39, 0.29) is 11.3 Å². The van der Waals surface area contributed by atoms with Gasteiger partial charge in [-0.15, -0.1) is 0 Å². The molecular weight excluding hydrogens is 222 g/mol. The maximum absolute atomic E-state index is 12.4. The van der Waals surface area contributed by atoms with Crippen molar-refractivity contribution in [2.24, 2.45) is 5.41 Å². The first-order valence-electron chi connectivity index (χ1n) is 6.19. The molecule has 0 radical (unpaired) electrons. The lowest BCUT2D eigenvalue weighted by Gasteiger charge is -2.22. The molecule has 0 spiro atoms. The predicted molar refractivity (Wildman–Crippen MR) is 75.2 cm³/mol. The van der Waals surface area contributed by atoms with Crippen molar-refractivity contribution in [3.8, 4) is 0 Å². The van der Waals surface area contributed by atoms with Crippen LogP contribution in [-0.2, 0) is 4.79 Å². The molecule has 1 aliphatic rings. The number of para-hydroxylation sites is 1. The van der Waals surface area contributed by atoms with Gasteiger partial charge in [-0.3, -0.25) is 9.69 Å². The topological polar surface area (TPSA) is 20.3 Å². The summed E-state index contributed by atoms with van der Waals surface area (Å²) >= 11 is 0. The molecule has 1 aromatic rings. The summed E-state index contributed by atoms with van der Waals surface area (Å²) in [5, 5.41) is 0. The summed E-state index contributed by atoms with van der Waals surface area (Å²) in [7, 11) is 0. The van der Waals surface area contributed by atoms with E-state index in [1.54, 1.807) is 4.90 Å². The summed E-state index contributed by atoms with van der Waals surface area (Å²) < 4.78 is 0. The highest BCUT2D eigenvalue weighted by atomic mass is 16.2. The monoisotopic (exact) mass is 241 g/mol. The SMILES string of the molecule is C/C(=C1\C=CN(c2ccccc2)C1=O)C(C)(C)C. The third kappa shape index (κ3) is 2.23. The first-order chi connectivity index (χ1) is 8.41. The summed E-state index contributed by atoms with van der Waals surface area (Å²) in [4.78, 5) is 14.1. The van der Waals surface area contributed by atoms with E-state index in [2.05, 4.69) is 20.8 Å². The van der Waals surface area contributed by atoms with Gasteiger partial charge in [-0.2, -0.15) is 0 Å². The van der Waals surface area contributed by atoms with Gasteiger partial charge in [0.15, 0.2) is 0 Å². The molecule has 0 aromatic heterocycles. The zero-order valence-electron chi connectivity index (χ0n) is 11.4. The van der Waals surface area contributed by atoms with Gasteiger partial charge in [0.2, 0.25) is 0 Å². The van der Waals surface area contributed by atoms with Crippen LogP contribution < -0.4 is 4.90 Å². The number of nitrogens with zero attached hydrogens (tertiary/aromatic N) is 1. The van der Waals surface area contributed by atoms with Gasteiger partial charge in [-0.05, 0) is 30.5 Å². The van der Waals surface area contributed by atoms with Crippen LogP contribution >= 0.6 is 0 Å². The minimum absolute atomic E-state index is 0.0159. The van der Waals surface area contributed by atoms with Crippen LogP contribution in [0.4, 0.5) is 5.69 Å². The van der Waals surface area contributed by atoms with Crippen LogP contribution in [0, 0.1) is 5.41 Å². The Morgan fingerprint density at radius 2 is 1.72 bits per heavy atom. The van der Waals surface area contributed by atoms with Gasteiger partial charge in [0, 0.05) is 17.5 Å². The van der Waals surface area contributed by atoms with Gasteiger partial charge < -0.3 is 0 Å². The number of benzene rings is 1. The van der Waals surface area contributed by atoms with Crippen LogP contribution in [-0.4, -0.2) is 5.91 Å². The van der Waals surface area contributed by atoms with Crippen molar-refractivity contribution in [3.05, 3.63) is 53.8 Å². The Morgan fingerprint density at radius 1 is 1.11 bits per heavy atom. The standard InChI is InChI=1S/C16H19NO/c1-12(16(2,3)4)14-10-11-17(15(14)18)13-8-6-5-7-9-13/h5-11H,1-4H3/b14-12-. The van der Waals surface area contributed by atoms with Gasteiger partial charge in [0.25, 0.3) is 5.91 Å². The van der Waals surface area contributed by atoms with E-state index in [9.17, 15) is 4.79 Å². The molecule has 0 N–H and O–H groups in total. The van der Waals surface area contributed by atoms with Crippen molar-refractivity contribution in [1.82, 2.24) is 0 Å². The Balaban J connectivity index is 2.35. The van der Waals surface area contributed by atoms with Crippen molar-refractivity contribution >= 4 is 11.6 Å². The Bertz CT molecular complexity index is 518. The number of rotatable bonds is 1. The fourth-order valence-corrected chi connectivity index (χ4v) is 1.90. The maximum atomic E-state index is 12.4. The lowest BCUT2D eigenvalue weighted by molar-refractivity contribution is -0.114. The molecule has 1 aromatic carbocycles. The van der Waals surface area contributed by atoms with E-state index in [0.29, 0.717) is 0 Å². The Morgan fingerprint density at radius 3 is 2.28 bits per heavy atom. The third-order valence-electron chi connectivity index (χ3n) is 3.40. The van der Waals surface area contributed by atoms with E-state index >= 15 is 0 Å². The summed E-state index contributed by atoms with van der Waals surface area (Å²) in [6.07, 6.45) is 3.76. The molecule has 1 amide bonds. The van der Waals surface area contributed by atoms with Crippen LogP contribution in [0.3, 0.4) is 0 Å². The van der Waals surface area contributed by atoms with Gasteiger partial charge in [-0.25, -0.2) is 0 Å². The molecule has 2 nitrogen and oxygen atoms in total. The van der Waals surface area contributed by atoms with Crippen LogP contribution in [0.5, 0.6) is 0 Å². The lowest BCUT2D eigenvalue weighted by atomic mass is 9.84. The molecule has 1 aliphatic heterocycles. The Kier molecular flexibility index (Phi) is 3.12. The minimum Gasteiger partial charge on any atom is -0.284 e. The van der Waals surface area contributed by atoms with Crippen molar-refractivity contribution in [2.45, 2.75) is 27.7 Å². The van der Waals surface area contributed by atoms with Crippen LogP contribution in [0.25, 0.3) is 0 Å². The third-order valence-corrected chi connectivity index (χ3v) is 3.40. The second kappa shape index (κ2) is 4.45. The number of anilines is 1. The molecule has 0 unspecified atom stereocenters. The first kappa shape index (κ1) is 12.6. The highest BCUT2D eigenvalue weighted by molar-refractivity contribution is 6.12. The number of hydrogen-bond donors (Lipinski definition) is 0. The van der Waals surface area contributed by atoms with E-state index in [1.165, 1.54) is 0 Å². The molecule has 1 heterocycles. The van der Waals surface area contributed by atoms with E-state index < -0.39 is 0 Å². The lowest BCUT2D eigenvalue weighted by Crippen LogP contribution is -2.23. The molecule has 0 bridgehead atoms. The van der Waals surface area contributed by atoms with Gasteiger partial charge in [0.05, 0.1) is 0 Å². The minimum atomic E-state index is 0.0159. The first-order valence-corrected chi connectivity index (χ1v) is 6.19. The Labute approximate surface area is 109 Å². The largest absolute Gasteiger partial charge is 0.284 e. The number of allylic oxidation sites excluding steroid dienone is 1. The molecule has 0 saturated heterocycles. The van der Waals surface area contributed by atoms with Crippen LogP contribution in [0.15, 0.2) is 53.8 Å². The second-order valence-electron chi connectivity index (χ2n) is 5.62. The normalized spacial score (nSPS) is 18.4. The zero-order chi connectivity index (χ0) is 13.3. The predicted octanol–water partition coefficient (Wildman–Crippen LogP) is 3.91. The van der Waals surface area contributed by atoms with Crippen molar-refractivity contribution < 1.29 is 4.79 Å². The van der Waals surface area contributed by atoms with E-state index in [0.717, 1.165) is 16.8 Å². The quantitative estimate of drug-likeness (QED) is 0.683. The van der Waals surface area contributed by atoms with Crippen molar-refractivity contribution in [2.75, 3.05) is 4.90 Å². The summed E-state index contributed by atoms with van der Waals surface area (Å²) in [6, 6.07) is 9.71. The molecule has 94 valence electrons. The van der Waals surface area contributed by atoms with Crippen LogP contribution in [0.2, 0.25) is 0 Å². The molecule has 0 fully saturated rings. The average Bonchev–Trinajstić information content (AvgIpc) is 2.70. The highest BCUT2D eigenvalue weighted by Crippen LogP contribution is 2.32. The van der Waals surface area contributed by atoms with Crippen LogP contribution in [0.1, 0.15) is 27.7 Å². The summed E-state index contributed by atoms with van der Waals surface area (Å²) in [6.45, 7) is 8.41. The van der Waals surface area contributed by atoms with Crippen molar-refractivity contribution in [3.63, 3.8) is 0 Å². The zero-order valence-corrected chi connectivity index (χ0v) is 11.4. The maximum Gasteiger partial charge on any atom is 0.262 e. The molecule has 2 heteroatoms.